The van der Waals surface area contributed by atoms with E-state index in [0.29, 0.717) is 11.6 Å². The van der Waals surface area contributed by atoms with Crippen LogP contribution in [-0.2, 0) is 9.59 Å². The van der Waals surface area contributed by atoms with Crippen molar-refractivity contribution in [2.75, 3.05) is 13.6 Å². The van der Waals surface area contributed by atoms with Crippen LogP contribution >= 0.6 is 0 Å². The molecular weight excluding hydrogens is 414 g/mol. The van der Waals surface area contributed by atoms with E-state index in [0.717, 1.165) is 36.2 Å². The number of benzene rings is 1. The number of amides is 1. The maximum absolute atomic E-state index is 11.8. The van der Waals surface area contributed by atoms with Crippen LogP contribution < -0.4 is 11.1 Å². The highest BCUT2D eigenvalue weighted by molar-refractivity contribution is 6.11. The van der Waals surface area contributed by atoms with Crippen LogP contribution in [0.3, 0.4) is 0 Å². The van der Waals surface area contributed by atoms with Gasteiger partial charge in [-0.15, -0.1) is 0 Å². The fourth-order valence-corrected chi connectivity index (χ4v) is 3.70. The molecule has 3 aromatic rings. The normalized spacial score (nSPS) is 13.6. The zero-order valence-corrected chi connectivity index (χ0v) is 18.2. The van der Waals surface area contributed by atoms with Crippen LogP contribution in [0.1, 0.15) is 55.6 Å². The number of carbonyl (C=O) groups excluding carboxylic acids is 1. The molecule has 1 aliphatic rings. The van der Waals surface area contributed by atoms with Gasteiger partial charge in [0.25, 0.3) is 11.9 Å². The van der Waals surface area contributed by atoms with Crippen molar-refractivity contribution in [2.45, 2.75) is 45.1 Å². The Morgan fingerprint density at radius 2 is 1.78 bits per heavy atom. The number of nitrogens with one attached hydrogen (secondary N) is 1. The summed E-state index contributed by atoms with van der Waals surface area (Å²) in [6, 6.07) is 8.32. The second-order valence-electron chi connectivity index (χ2n) is 7.43. The van der Waals surface area contributed by atoms with Gasteiger partial charge in [-0.25, -0.2) is 9.97 Å². The summed E-state index contributed by atoms with van der Waals surface area (Å²) in [4.78, 5) is 39.2. The second-order valence-corrected chi connectivity index (χ2v) is 7.43. The summed E-state index contributed by atoms with van der Waals surface area (Å²) in [5.74, 6) is -2.18. The fraction of sp³-hybridized carbons (Fsp3) is 0.409. The molecule has 0 radical (unpaired) electrons. The quantitative estimate of drug-likeness (QED) is 0.478. The van der Waals surface area contributed by atoms with E-state index in [2.05, 4.69) is 19.9 Å². The average Bonchev–Trinajstić information content (AvgIpc) is 3.19. The molecule has 2 heterocycles. The number of nitrogens with two attached hydrogens (primary N) is 1. The summed E-state index contributed by atoms with van der Waals surface area (Å²) in [5, 5.41) is 18.8. The predicted molar refractivity (Wildman–Crippen MR) is 121 cm³/mol. The maximum atomic E-state index is 11.8. The third-order valence-corrected chi connectivity index (χ3v) is 4.94. The molecule has 1 saturated carbocycles. The van der Waals surface area contributed by atoms with Gasteiger partial charge < -0.3 is 25.8 Å². The van der Waals surface area contributed by atoms with Crippen LogP contribution in [0.5, 0.6) is 0 Å². The van der Waals surface area contributed by atoms with Crippen LogP contribution in [0.25, 0.3) is 21.9 Å². The third-order valence-electron chi connectivity index (χ3n) is 4.94. The molecule has 0 atom stereocenters. The number of nitrogens with zero attached hydrogens (tertiary/aromatic N) is 3. The number of para-hydroxylation sites is 1. The molecule has 0 unspecified atom stereocenters. The molecular formula is C22H29N5O5. The van der Waals surface area contributed by atoms with Crippen LogP contribution in [0.2, 0.25) is 0 Å². The molecule has 32 heavy (non-hydrogen) atoms. The smallest absolute Gasteiger partial charge is 0.317 e. The van der Waals surface area contributed by atoms with E-state index in [1.54, 1.807) is 7.05 Å². The number of primary amides is 1. The minimum absolute atomic E-state index is 0.0417. The number of likely N-dealkylation sites (N-methyl/N-ethyl adjacent to an activating group) is 1. The van der Waals surface area contributed by atoms with Gasteiger partial charge in [0, 0.05) is 18.4 Å². The molecule has 10 heteroatoms. The second kappa shape index (κ2) is 11.8. The van der Waals surface area contributed by atoms with Crippen LogP contribution in [0.4, 0.5) is 0 Å². The molecule has 2 aromatic heterocycles. The Hall–Kier alpha value is -3.53. The van der Waals surface area contributed by atoms with E-state index in [9.17, 15) is 9.59 Å². The molecule has 4 rings (SSSR count). The van der Waals surface area contributed by atoms with E-state index < -0.39 is 17.8 Å². The van der Waals surface area contributed by atoms with E-state index in [-0.39, 0.29) is 12.2 Å². The van der Waals surface area contributed by atoms with Gasteiger partial charge in [0.05, 0.1) is 23.9 Å². The highest BCUT2D eigenvalue weighted by Crippen LogP contribution is 2.34. The molecule has 0 bridgehead atoms. The van der Waals surface area contributed by atoms with Crippen LogP contribution in [0, 0.1) is 0 Å². The lowest BCUT2D eigenvalue weighted by Gasteiger charge is -2.24. The summed E-state index contributed by atoms with van der Waals surface area (Å²) < 4.78 is 2.23. The largest absolute Gasteiger partial charge is 0.481 e. The number of rotatable bonds is 4. The summed E-state index contributed by atoms with van der Waals surface area (Å²) in [5.41, 5.74) is 8.18. The van der Waals surface area contributed by atoms with Crippen molar-refractivity contribution >= 4 is 39.8 Å². The van der Waals surface area contributed by atoms with Gasteiger partial charge in [0.1, 0.15) is 5.52 Å². The van der Waals surface area contributed by atoms with Gasteiger partial charge in [-0.3, -0.25) is 14.4 Å². The van der Waals surface area contributed by atoms with Crippen molar-refractivity contribution in [1.82, 2.24) is 19.9 Å². The third kappa shape index (κ3) is 6.48. The summed E-state index contributed by atoms with van der Waals surface area (Å²) >= 11 is 0. The van der Waals surface area contributed by atoms with Crippen molar-refractivity contribution < 1.29 is 24.6 Å². The zero-order valence-electron chi connectivity index (χ0n) is 18.2. The Kier molecular flexibility index (Phi) is 9.08. The van der Waals surface area contributed by atoms with Gasteiger partial charge in [-0.2, -0.15) is 0 Å². The molecule has 0 aliphatic heterocycles. The Morgan fingerprint density at radius 1 is 1.16 bits per heavy atom. The molecule has 10 nitrogen and oxygen atoms in total. The van der Waals surface area contributed by atoms with Crippen LogP contribution in [0.15, 0.2) is 30.6 Å². The van der Waals surface area contributed by atoms with Gasteiger partial charge >= 0.3 is 5.97 Å². The number of hydrogen-bond donors (Lipinski definition) is 4. The van der Waals surface area contributed by atoms with Crippen molar-refractivity contribution in [3.8, 4) is 0 Å². The van der Waals surface area contributed by atoms with Crippen molar-refractivity contribution in [1.29, 1.82) is 0 Å². The van der Waals surface area contributed by atoms with Crippen molar-refractivity contribution in [2.24, 2.45) is 5.73 Å². The lowest BCUT2D eigenvalue weighted by atomic mass is 9.95. The van der Waals surface area contributed by atoms with Crippen LogP contribution in [-0.4, -0.2) is 56.2 Å². The first kappa shape index (κ1) is 24.7. The minimum atomic E-state index is -0.833. The molecule has 5 N–H and O–H groups in total. The van der Waals surface area contributed by atoms with E-state index in [4.69, 9.17) is 20.7 Å². The first-order valence-electron chi connectivity index (χ1n) is 10.4. The van der Waals surface area contributed by atoms with E-state index in [1.807, 2.05) is 30.6 Å². The first-order chi connectivity index (χ1) is 15.3. The number of aromatic nitrogens is 3. The summed E-state index contributed by atoms with van der Waals surface area (Å²) in [6.45, 7) is 1.12. The zero-order chi connectivity index (χ0) is 23.7. The SMILES string of the molecule is CC(=O)O.CNCC(=O)O.NC(=O)c1nc2ccccc2c2c1ncn2C1CCCCC1. The summed E-state index contributed by atoms with van der Waals surface area (Å²) in [6.07, 6.45) is 7.97. The Balaban J connectivity index is 0.000000308. The van der Waals surface area contributed by atoms with Gasteiger partial charge in [-0.05, 0) is 26.0 Å². The standard InChI is InChI=1S/C17H18N4O.C3H7NO2.C2H4O2/c18-17(22)15-14-16(12-8-4-5-9-13(12)20-15)21(10-19-14)11-6-2-1-3-7-11;1-4-2-3(5)6;1-2(3)4/h4-5,8-11H,1-3,6-7H2,(H2,18,22);4H,2H2,1H3,(H,5,6);1H3,(H,3,4). The number of aliphatic carboxylic acids is 2. The Bertz CT molecular complexity index is 1080. The number of carboxylic acids is 2. The minimum Gasteiger partial charge on any atom is -0.481 e. The Morgan fingerprint density at radius 3 is 2.31 bits per heavy atom. The number of imidazole rings is 1. The lowest BCUT2D eigenvalue weighted by molar-refractivity contribution is -0.136. The van der Waals surface area contributed by atoms with Crippen molar-refractivity contribution in [3.05, 3.63) is 36.3 Å². The molecule has 0 spiro atoms. The van der Waals surface area contributed by atoms with Crippen molar-refractivity contribution in [3.63, 3.8) is 0 Å². The number of carboxylic acid groups (broad SMARTS) is 2. The van der Waals surface area contributed by atoms with Gasteiger partial charge in [-0.1, -0.05) is 37.5 Å². The molecule has 1 aromatic carbocycles. The van der Waals surface area contributed by atoms with E-state index in [1.165, 1.54) is 19.3 Å². The highest BCUT2D eigenvalue weighted by Gasteiger charge is 2.22. The molecule has 172 valence electrons. The average molecular weight is 444 g/mol. The van der Waals surface area contributed by atoms with E-state index >= 15 is 0 Å². The number of pyridine rings is 1. The first-order valence-corrected chi connectivity index (χ1v) is 10.4. The maximum Gasteiger partial charge on any atom is 0.317 e. The number of fused-ring (bicyclic) bond motifs is 3. The number of hydrogen-bond acceptors (Lipinski definition) is 6. The summed E-state index contributed by atoms with van der Waals surface area (Å²) in [7, 11) is 1.59. The monoisotopic (exact) mass is 443 g/mol. The topological polar surface area (TPSA) is 160 Å². The molecule has 1 aliphatic carbocycles. The lowest BCUT2D eigenvalue weighted by Crippen LogP contribution is -2.16. The molecule has 1 fully saturated rings. The molecule has 0 saturated heterocycles. The predicted octanol–water partition coefficient (Wildman–Crippen LogP) is 2.57. The highest BCUT2D eigenvalue weighted by atomic mass is 16.4. The fourth-order valence-electron chi connectivity index (χ4n) is 3.70. The van der Waals surface area contributed by atoms with Gasteiger partial charge in [0.15, 0.2) is 5.69 Å². The number of carbonyl (C=O) groups is 3. The van der Waals surface area contributed by atoms with Gasteiger partial charge in [0.2, 0.25) is 0 Å². The molecule has 1 amide bonds. The Labute approximate surface area is 185 Å².